The average Bonchev–Trinajstić information content (AvgIpc) is 2.28. The average molecular weight is 301 g/mol. The van der Waals surface area contributed by atoms with Crippen molar-refractivity contribution in [3.8, 4) is 0 Å². The van der Waals surface area contributed by atoms with Gasteiger partial charge in [-0.2, -0.15) is 0 Å². The molecule has 0 heterocycles. The second-order valence-corrected chi connectivity index (χ2v) is 4.99. The molecule has 1 N–H and O–H groups in total. The lowest BCUT2D eigenvalue weighted by atomic mass is 10.1. The molecule has 5 heteroatoms. The summed E-state index contributed by atoms with van der Waals surface area (Å²) in [7, 11) is 5.29. The molecule has 0 bridgehead atoms. The van der Waals surface area contributed by atoms with Gasteiger partial charge in [0, 0.05) is 36.9 Å². The van der Waals surface area contributed by atoms with E-state index in [9.17, 15) is 9.90 Å². The summed E-state index contributed by atoms with van der Waals surface area (Å²) in [5, 5.41) is 9.26. The first-order valence-electron chi connectivity index (χ1n) is 5.26. The SMILES string of the molecule is CN(C)C(=O)CN(C)c1cc(Br)ccc1CO. The molecule has 0 aliphatic rings. The van der Waals surface area contributed by atoms with Crippen molar-refractivity contribution in [2.45, 2.75) is 6.61 Å². The molecule has 0 unspecified atom stereocenters. The van der Waals surface area contributed by atoms with E-state index in [1.807, 2.05) is 30.1 Å². The topological polar surface area (TPSA) is 43.8 Å². The summed E-state index contributed by atoms with van der Waals surface area (Å²) in [5.74, 6) is 0.0244. The number of benzene rings is 1. The van der Waals surface area contributed by atoms with Gasteiger partial charge in [0.05, 0.1) is 13.2 Å². The second kappa shape index (κ2) is 6.02. The molecular formula is C12H17BrN2O2. The first-order valence-corrected chi connectivity index (χ1v) is 6.05. The lowest BCUT2D eigenvalue weighted by molar-refractivity contribution is -0.127. The van der Waals surface area contributed by atoms with Crippen LogP contribution >= 0.6 is 15.9 Å². The van der Waals surface area contributed by atoms with E-state index < -0.39 is 0 Å². The van der Waals surface area contributed by atoms with Crippen LogP contribution in [0.3, 0.4) is 0 Å². The quantitative estimate of drug-likeness (QED) is 0.916. The number of aliphatic hydroxyl groups is 1. The van der Waals surface area contributed by atoms with Gasteiger partial charge in [-0.3, -0.25) is 4.79 Å². The number of rotatable bonds is 4. The number of anilines is 1. The zero-order valence-corrected chi connectivity index (χ0v) is 11.9. The van der Waals surface area contributed by atoms with E-state index in [0.29, 0.717) is 0 Å². The van der Waals surface area contributed by atoms with Crippen LogP contribution in [-0.4, -0.2) is 43.6 Å². The van der Waals surface area contributed by atoms with Gasteiger partial charge in [-0.25, -0.2) is 0 Å². The van der Waals surface area contributed by atoms with Crippen LogP contribution in [0.25, 0.3) is 0 Å². The largest absolute Gasteiger partial charge is 0.392 e. The van der Waals surface area contributed by atoms with Crippen molar-refractivity contribution in [3.63, 3.8) is 0 Å². The minimum absolute atomic E-state index is 0.0244. The first kappa shape index (κ1) is 14.0. The van der Waals surface area contributed by atoms with Crippen LogP contribution in [0, 0.1) is 0 Å². The number of aliphatic hydroxyl groups excluding tert-OH is 1. The molecule has 17 heavy (non-hydrogen) atoms. The summed E-state index contributed by atoms with van der Waals surface area (Å²) in [6.45, 7) is 0.250. The van der Waals surface area contributed by atoms with Gasteiger partial charge in [-0.15, -0.1) is 0 Å². The lowest BCUT2D eigenvalue weighted by Gasteiger charge is -2.23. The van der Waals surface area contributed by atoms with Crippen LogP contribution < -0.4 is 4.90 Å². The van der Waals surface area contributed by atoms with Gasteiger partial charge in [0.1, 0.15) is 0 Å². The van der Waals surface area contributed by atoms with Gasteiger partial charge in [0.15, 0.2) is 0 Å². The molecule has 0 saturated heterocycles. The predicted octanol–water partition coefficient (Wildman–Crippen LogP) is 1.47. The zero-order valence-electron chi connectivity index (χ0n) is 10.3. The maximum absolute atomic E-state index is 11.6. The summed E-state index contributed by atoms with van der Waals surface area (Å²) in [6.07, 6.45) is 0. The fourth-order valence-electron chi connectivity index (χ4n) is 1.46. The predicted molar refractivity (Wildman–Crippen MR) is 72.0 cm³/mol. The Kier molecular flexibility index (Phi) is 4.96. The third kappa shape index (κ3) is 3.71. The van der Waals surface area contributed by atoms with Crippen LogP contribution in [0.5, 0.6) is 0 Å². The molecule has 0 atom stereocenters. The highest BCUT2D eigenvalue weighted by molar-refractivity contribution is 9.10. The normalized spacial score (nSPS) is 10.2. The maximum Gasteiger partial charge on any atom is 0.241 e. The van der Waals surface area contributed by atoms with Crippen LogP contribution in [-0.2, 0) is 11.4 Å². The molecule has 0 saturated carbocycles. The molecule has 94 valence electrons. The molecule has 0 aliphatic heterocycles. The van der Waals surface area contributed by atoms with E-state index in [0.717, 1.165) is 15.7 Å². The molecule has 1 amide bonds. The van der Waals surface area contributed by atoms with E-state index in [4.69, 9.17) is 0 Å². The van der Waals surface area contributed by atoms with Crippen molar-refractivity contribution in [1.29, 1.82) is 0 Å². The van der Waals surface area contributed by atoms with Gasteiger partial charge in [0.25, 0.3) is 0 Å². The van der Waals surface area contributed by atoms with Crippen molar-refractivity contribution < 1.29 is 9.90 Å². The highest BCUT2D eigenvalue weighted by Crippen LogP contribution is 2.24. The molecule has 1 rings (SSSR count). The first-order chi connectivity index (χ1) is 7.95. The highest BCUT2D eigenvalue weighted by atomic mass is 79.9. The molecule has 0 fully saturated rings. The van der Waals surface area contributed by atoms with E-state index in [-0.39, 0.29) is 19.1 Å². The van der Waals surface area contributed by atoms with Gasteiger partial charge < -0.3 is 14.9 Å². The van der Waals surface area contributed by atoms with Crippen LogP contribution in [0.15, 0.2) is 22.7 Å². The van der Waals surface area contributed by atoms with Gasteiger partial charge in [-0.05, 0) is 12.1 Å². The minimum Gasteiger partial charge on any atom is -0.392 e. The van der Waals surface area contributed by atoms with Gasteiger partial charge in [-0.1, -0.05) is 22.0 Å². The molecule has 1 aromatic rings. The number of amides is 1. The van der Waals surface area contributed by atoms with Crippen molar-refractivity contribution in [1.82, 2.24) is 4.90 Å². The van der Waals surface area contributed by atoms with Gasteiger partial charge >= 0.3 is 0 Å². The van der Waals surface area contributed by atoms with E-state index in [1.54, 1.807) is 19.0 Å². The number of carbonyl (C=O) groups excluding carboxylic acids is 1. The summed E-state index contributed by atoms with van der Waals surface area (Å²) in [5.41, 5.74) is 1.67. The third-order valence-electron chi connectivity index (χ3n) is 2.50. The number of halogens is 1. The molecule has 1 aromatic carbocycles. The lowest BCUT2D eigenvalue weighted by Crippen LogP contribution is -2.34. The molecule has 0 aliphatic carbocycles. The number of hydrogen-bond donors (Lipinski definition) is 1. The number of carbonyl (C=O) groups is 1. The van der Waals surface area contributed by atoms with Crippen molar-refractivity contribution in [2.75, 3.05) is 32.6 Å². The fourth-order valence-corrected chi connectivity index (χ4v) is 1.80. The number of likely N-dealkylation sites (N-methyl/N-ethyl adjacent to an activating group) is 2. The molecule has 4 nitrogen and oxygen atoms in total. The summed E-state index contributed by atoms with van der Waals surface area (Å²) in [4.78, 5) is 15.0. The minimum atomic E-state index is -0.0386. The number of hydrogen-bond acceptors (Lipinski definition) is 3. The standard InChI is InChI=1S/C12H17BrN2O2/c1-14(2)12(17)7-15(3)11-6-10(13)5-4-9(11)8-16/h4-6,16H,7-8H2,1-3H3. The Labute approximate surface area is 110 Å². The highest BCUT2D eigenvalue weighted by Gasteiger charge is 2.12. The number of nitrogens with zero attached hydrogens (tertiary/aromatic N) is 2. The Morgan fingerprint density at radius 2 is 2.00 bits per heavy atom. The summed E-state index contributed by atoms with van der Waals surface area (Å²) in [6, 6.07) is 5.61. The second-order valence-electron chi connectivity index (χ2n) is 4.08. The maximum atomic E-state index is 11.6. The van der Waals surface area contributed by atoms with Gasteiger partial charge in [0.2, 0.25) is 5.91 Å². The molecule has 0 radical (unpaired) electrons. The van der Waals surface area contributed by atoms with Crippen molar-refractivity contribution in [2.24, 2.45) is 0 Å². The fraction of sp³-hybridized carbons (Fsp3) is 0.417. The summed E-state index contributed by atoms with van der Waals surface area (Å²) >= 11 is 3.39. The Morgan fingerprint density at radius 3 is 2.53 bits per heavy atom. The molecular weight excluding hydrogens is 284 g/mol. The van der Waals surface area contributed by atoms with Crippen LogP contribution in [0.4, 0.5) is 5.69 Å². The van der Waals surface area contributed by atoms with Crippen molar-refractivity contribution in [3.05, 3.63) is 28.2 Å². The van der Waals surface area contributed by atoms with Crippen LogP contribution in [0.1, 0.15) is 5.56 Å². The molecule has 0 spiro atoms. The van der Waals surface area contributed by atoms with Crippen LogP contribution in [0.2, 0.25) is 0 Å². The smallest absolute Gasteiger partial charge is 0.241 e. The Bertz CT molecular complexity index is 407. The van der Waals surface area contributed by atoms with E-state index in [1.165, 1.54) is 0 Å². The van der Waals surface area contributed by atoms with E-state index in [2.05, 4.69) is 15.9 Å². The monoisotopic (exact) mass is 300 g/mol. The van der Waals surface area contributed by atoms with E-state index >= 15 is 0 Å². The molecule has 0 aromatic heterocycles. The Morgan fingerprint density at radius 1 is 1.35 bits per heavy atom. The Hall–Kier alpha value is -1.07. The Balaban J connectivity index is 2.91. The third-order valence-corrected chi connectivity index (χ3v) is 2.99. The summed E-state index contributed by atoms with van der Waals surface area (Å²) < 4.78 is 0.925. The zero-order chi connectivity index (χ0) is 13.0. The van der Waals surface area contributed by atoms with Crippen molar-refractivity contribution >= 4 is 27.5 Å².